The van der Waals surface area contributed by atoms with Crippen molar-refractivity contribution >= 4 is 23.8 Å². The fourth-order valence-corrected chi connectivity index (χ4v) is 2.77. The van der Waals surface area contributed by atoms with Gasteiger partial charge >= 0.3 is 5.97 Å². The van der Waals surface area contributed by atoms with Crippen molar-refractivity contribution in [3.05, 3.63) is 89.2 Å². The van der Waals surface area contributed by atoms with Gasteiger partial charge in [0.05, 0.1) is 24.9 Å². The number of hydrogen-bond acceptors (Lipinski definition) is 6. The number of halogens is 1. The van der Waals surface area contributed by atoms with Crippen molar-refractivity contribution in [1.82, 2.24) is 5.43 Å². The number of carbonyl (C=O) groups is 2. The van der Waals surface area contributed by atoms with E-state index in [1.54, 1.807) is 25.1 Å². The van der Waals surface area contributed by atoms with Gasteiger partial charge in [0.2, 0.25) is 0 Å². The highest BCUT2D eigenvalue weighted by Gasteiger charge is 2.13. The lowest BCUT2D eigenvalue weighted by Crippen LogP contribution is -2.25. The number of esters is 1. The number of hydrazone groups is 1. The van der Waals surface area contributed by atoms with Crippen LogP contribution in [0, 0.1) is 12.7 Å². The van der Waals surface area contributed by atoms with Gasteiger partial charge in [-0.2, -0.15) is 5.10 Å². The Morgan fingerprint density at radius 1 is 1.00 bits per heavy atom. The predicted molar refractivity (Wildman–Crippen MR) is 124 cm³/mol. The van der Waals surface area contributed by atoms with Gasteiger partial charge in [-0.25, -0.2) is 14.6 Å². The van der Waals surface area contributed by atoms with Crippen LogP contribution in [0.4, 0.5) is 10.1 Å². The summed E-state index contributed by atoms with van der Waals surface area (Å²) in [5.41, 5.74) is 5.27. The third kappa shape index (κ3) is 7.17. The van der Waals surface area contributed by atoms with Gasteiger partial charge in [0.25, 0.3) is 5.91 Å². The minimum Gasteiger partial charge on any atom is -0.490 e. The second-order valence-electron chi connectivity index (χ2n) is 7.05. The molecule has 0 aliphatic carbocycles. The van der Waals surface area contributed by atoms with E-state index in [0.717, 1.165) is 11.3 Å². The maximum atomic E-state index is 13.1. The molecule has 0 aliphatic heterocycles. The molecule has 0 unspecified atom stereocenters. The van der Waals surface area contributed by atoms with Crippen LogP contribution in [0.15, 0.2) is 71.8 Å². The number of ether oxygens (including phenoxy) is 2. The zero-order chi connectivity index (χ0) is 23.6. The van der Waals surface area contributed by atoms with Crippen LogP contribution in [0.25, 0.3) is 0 Å². The molecule has 0 fully saturated rings. The molecule has 0 saturated heterocycles. The first-order valence-corrected chi connectivity index (χ1v) is 10.3. The summed E-state index contributed by atoms with van der Waals surface area (Å²) in [6, 6.07) is 17.6. The number of anilines is 1. The highest BCUT2D eigenvalue weighted by molar-refractivity contribution is 5.91. The van der Waals surface area contributed by atoms with Gasteiger partial charge in [0, 0.05) is 5.69 Å². The summed E-state index contributed by atoms with van der Waals surface area (Å²) in [5.74, 6) is -0.824. The average molecular weight is 449 g/mol. The quantitative estimate of drug-likeness (QED) is 0.220. The number of rotatable bonds is 9. The summed E-state index contributed by atoms with van der Waals surface area (Å²) in [7, 11) is 0. The standard InChI is InChI=1S/C25H24FN3O4/c1-3-32-23-14-18(6-13-22(23)33-25(31)19-7-9-20(26)10-8-19)15-28-29-24(30)16-27-21-11-4-17(2)5-12-21/h4-15,27H,3,16H2,1-2H3,(H,29,30). The molecule has 0 saturated carbocycles. The first-order chi connectivity index (χ1) is 15.9. The van der Waals surface area contributed by atoms with Gasteiger partial charge < -0.3 is 14.8 Å². The molecule has 8 heteroatoms. The molecule has 0 spiro atoms. The van der Waals surface area contributed by atoms with Crippen LogP contribution in [0.2, 0.25) is 0 Å². The number of nitrogens with zero attached hydrogens (tertiary/aromatic N) is 1. The number of aryl methyl sites for hydroxylation is 1. The molecule has 3 rings (SSSR count). The Morgan fingerprint density at radius 3 is 2.42 bits per heavy atom. The Bertz CT molecular complexity index is 1130. The second kappa shape index (κ2) is 11.4. The van der Waals surface area contributed by atoms with Gasteiger partial charge in [0.15, 0.2) is 11.5 Å². The molecule has 33 heavy (non-hydrogen) atoms. The lowest BCUT2D eigenvalue weighted by Gasteiger charge is -2.11. The molecule has 7 nitrogen and oxygen atoms in total. The molecule has 3 aromatic rings. The second-order valence-corrected chi connectivity index (χ2v) is 7.05. The SMILES string of the molecule is CCOc1cc(C=NNC(=O)CNc2ccc(C)cc2)ccc1OC(=O)c1ccc(F)cc1. The van der Waals surface area contributed by atoms with E-state index in [-0.39, 0.29) is 23.8 Å². The van der Waals surface area contributed by atoms with E-state index in [9.17, 15) is 14.0 Å². The van der Waals surface area contributed by atoms with Gasteiger partial charge in [-0.3, -0.25) is 4.79 Å². The van der Waals surface area contributed by atoms with Gasteiger partial charge in [-0.15, -0.1) is 0 Å². The molecular formula is C25H24FN3O4. The van der Waals surface area contributed by atoms with Gasteiger partial charge in [0.1, 0.15) is 5.82 Å². The van der Waals surface area contributed by atoms with Crippen molar-refractivity contribution in [3.63, 3.8) is 0 Å². The predicted octanol–water partition coefficient (Wildman–Crippen LogP) is 4.31. The zero-order valence-electron chi connectivity index (χ0n) is 18.3. The Hall–Kier alpha value is -4.20. The third-order valence-electron chi connectivity index (χ3n) is 4.46. The Kier molecular flexibility index (Phi) is 8.13. The molecule has 0 atom stereocenters. The van der Waals surface area contributed by atoms with Crippen LogP contribution in [-0.2, 0) is 4.79 Å². The van der Waals surface area contributed by atoms with Crippen molar-refractivity contribution in [2.75, 3.05) is 18.5 Å². The highest BCUT2D eigenvalue weighted by atomic mass is 19.1. The van der Waals surface area contributed by atoms with Crippen molar-refractivity contribution in [2.45, 2.75) is 13.8 Å². The van der Waals surface area contributed by atoms with E-state index in [2.05, 4.69) is 15.8 Å². The maximum Gasteiger partial charge on any atom is 0.343 e. The van der Waals surface area contributed by atoms with Crippen molar-refractivity contribution in [3.8, 4) is 11.5 Å². The van der Waals surface area contributed by atoms with Crippen molar-refractivity contribution < 1.29 is 23.5 Å². The van der Waals surface area contributed by atoms with Crippen LogP contribution in [0.3, 0.4) is 0 Å². The third-order valence-corrected chi connectivity index (χ3v) is 4.46. The number of amides is 1. The van der Waals surface area contributed by atoms with Crippen LogP contribution >= 0.6 is 0 Å². The molecule has 170 valence electrons. The fourth-order valence-electron chi connectivity index (χ4n) is 2.77. The number of hydrogen-bond donors (Lipinski definition) is 2. The Morgan fingerprint density at radius 2 is 1.73 bits per heavy atom. The lowest BCUT2D eigenvalue weighted by molar-refractivity contribution is -0.119. The van der Waals surface area contributed by atoms with Gasteiger partial charge in [-0.05, 0) is 74.0 Å². The smallest absolute Gasteiger partial charge is 0.343 e. The average Bonchev–Trinajstić information content (AvgIpc) is 2.81. The normalized spacial score (nSPS) is 10.6. The minimum absolute atomic E-state index is 0.0723. The van der Waals surface area contributed by atoms with Crippen LogP contribution < -0.4 is 20.2 Å². The number of carbonyl (C=O) groups excluding carboxylic acids is 2. The van der Waals surface area contributed by atoms with Crippen molar-refractivity contribution in [1.29, 1.82) is 0 Å². The van der Waals surface area contributed by atoms with E-state index in [4.69, 9.17) is 9.47 Å². The molecule has 2 N–H and O–H groups in total. The van der Waals surface area contributed by atoms with Crippen LogP contribution in [0.5, 0.6) is 11.5 Å². The summed E-state index contributed by atoms with van der Waals surface area (Å²) < 4.78 is 24.0. The van der Waals surface area contributed by atoms with Crippen LogP contribution in [0.1, 0.15) is 28.4 Å². The van der Waals surface area contributed by atoms with E-state index in [0.29, 0.717) is 17.9 Å². The first kappa shape index (κ1) is 23.5. The number of nitrogens with one attached hydrogen (secondary N) is 2. The molecular weight excluding hydrogens is 425 g/mol. The largest absolute Gasteiger partial charge is 0.490 e. The summed E-state index contributed by atoms with van der Waals surface area (Å²) in [6.07, 6.45) is 1.46. The molecule has 0 heterocycles. The lowest BCUT2D eigenvalue weighted by atomic mass is 10.2. The summed E-state index contributed by atoms with van der Waals surface area (Å²) in [5, 5.41) is 6.97. The van der Waals surface area contributed by atoms with E-state index < -0.39 is 11.8 Å². The maximum absolute atomic E-state index is 13.1. The minimum atomic E-state index is -0.634. The zero-order valence-corrected chi connectivity index (χ0v) is 18.3. The summed E-state index contributed by atoms with van der Waals surface area (Å²) in [6.45, 7) is 4.21. The molecule has 0 aromatic heterocycles. The van der Waals surface area contributed by atoms with E-state index in [1.165, 1.54) is 30.5 Å². The van der Waals surface area contributed by atoms with E-state index >= 15 is 0 Å². The molecule has 1 amide bonds. The molecule has 0 radical (unpaired) electrons. The fraction of sp³-hybridized carbons (Fsp3) is 0.160. The molecule has 0 aliphatic rings. The Labute approximate surface area is 191 Å². The Balaban J connectivity index is 1.58. The van der Waals surface area contributed by atoms with E-state index in [1.807, 2.05) is 31.2 Å². The topological polar surface area (TPSA) is 89.0 Å². The monoisotopic (exact) mass is 449 g/mol. The molecule has 3 aromatic carbocycles. The van der Waals surface area contributed by atoms with Crippen molar-refractivity contribution in [2.24, 2.45) is 5.10 Å². The highest BCUT2D eigenvalue weighted by Crippen LogP contribution is 2.29. The first-order valence-electron chi connectivity index (χ1n) is 10.3. The van der Waals surface area contributed by atoms with Crippen LogP contribution in [-0.4, -0.2) is 31.2 Å². The number of benzene rings is 3. The summed E-state index contributed by atoms with van der Waals surface area (Å²) >= 11 is 0. The van der Waals surface area contributed by atoms with Gasteiger partial charge in [-0.1, -0.05) is 17.7 Å². The molecule has 0 bridgehead atoms. The summed E-state index contributed by atoms with van der Waals surface area (Å²) in [4.78, 5) is 24.3.